The van der Waals surface area contributed by atoms with Gasteiger partial charge in [-0.05, 0) is 24.1 Å². The van der Waals surface area contributed by atoms with Gasteiger partial charge in [-0.2, -0.15) is 0 Å². The molecule has 5 nitrogen and oxygen atoms in total. The molecule has 0 radical (unpaired) electrons. The Morgan fingerprint density at radius 1 is 1.38 bits per heavy atom. The average molecular weight is 312 g/mol. The van der Waals surface area contributed by atoms with Gasteiger partial charge in [0.15, 0.2) is 16.8 Å². The molecule has 0 unspecified atom stereocenters. The third kappa shape index (κ3) is 4.20. The van der Waals surface area contributed by atoms with Crippen molar-refractivity contribution in [2.75, 3.05) is 5.73 Å². The van der Waals surface area contributed by atoms with Gasteiger partial charge in [0, 0.05) is 11.1 Å². The lowest BCUT2D eigenvalue weighted by Crippen LogP contribution is -2.41. The first kappa shape index (κ1) is 15.3. The predicted molar refractivity (Wildman–Crippen MR) is 76.4 cm³/mol. The van der Waals surface area contributed by atoms with Crippen molar-refractivity contribution in [3.05, 3.63) is 46.5 Å². The number of carbonyl (C=O) groups excluding carboxylic acids is 1. The maximum absolute atomic E-state index is 13.1. The Morgan fingerprint density at radius 3 is 2.76 bits per heavy atom. The molecule has 21 heavy (non-hydrogen) atoms. The minimum Gasteiger partial charge on any atom is -0.375 e. The number of hydrogen-bond donors (Lipinski definition) is 3. The van der Waals surface area contributed by atoms with Crippen LogP contribution in [0.4, 0.5) is 13.9 Å². The lowest BCUT2D eigenvalue weighted by Gasteiger charge is -2.12. The summed E-state index contributed by atoms with van der Waals surface area (Å²) < 4.78 is 25.9. The fraction of sp³-hybridized carbons (Fsp3) is 0.231. The van der Waals surface area contributed by atoms with E-state index in [0.717, 1.165) is 17.0 Å². The van der Waals surface area contributed by atoms with Gasteiger partial charge >= 0.3 is 0 Å². The van der Waals surface area contributed by atoms with E-state index in [1.807, 2.05) is 0 Å². The van der Waals surface area contributed by atoms with Gasteiger partial charge in [0.2, 0.25) is 5.91 Å². The summed E-state index contributed by atoms with van der Waals surface area (Å²) >= 11 is 1.27. The van der Waals surface area contributed by atoms with Crippen LogP contribution in [0.5, 0.6) is 0 Å². The normalized spacial score (nSPS) is 12.1. The third-order valence-electron chi connectivity index (χ3n) is 2.78. The topological polar surface area (TPSA) is 94.0 Å². The van der Waals surface area contributed by atoms with Crippen LogP contribution in [0.25, 0.3) is 0 Å². The van der Waals surface area contributed by atoms with Gasteiger partial charge in [0.05, 0.1) is 12.6 Å². The number of nitrogens with one attached hydrogen (secondary N) is 1. The standard InChI is InChI=1S/C13H14F2N4OS/c14-9-2-1-7(3-10(9)15)4-11(16)12(20)18-5-8-6-19-13(17)21-8/h1-3,6,11H,4-5,16H2,(H2,17,19)(H,18,20)/t11-/m0/s1. The highest BCUT2D eigenvalue weighted by Gasteiger charge is 2.15. The van der Waals surface area contributed by atoms with Crippen molar-refractivity contribution in [1.29, 1.82) is 0 Å². The molecule has 0 aliphatic rings. The van der Waals surface area contributed by atoms with Crippen molar-refractivity contribution < 1.29 is 13.6 Å². The predicted octanol–water partition coefficient (Wildman–Crippen LogP) is 1.19. The van der Waals surface area contributed by atoms with Crippen LogP contribution in [0, 0.1) is 11.6 Å². The van der Waals surface area contributed by atoms with Gasteiger partial charge < -0.3 is 16.8 Å². The molecule has 1 atom stereocenters. The van der Waals surface area contributed by atoms with Crippen LogP contribution < -0.4 is 16.8 Å². The maximum atomic E-state index is 13.1. The van der Waals surface area contributed by atoms with E-state index in [9.17, 15) is 13.6 Å². The molecule has 0 aliphatic heterocycles. The minimum absolute atomic E-state index is 0.119. The molecule has 1 aromatic carbocycles. The Balaban J connectivity index is 1.88. The molecular formula is C13H14F2N4OS. The lowest BCUT2D eigenvalue weighted by atomic mass is 10.1. The zero-order valence-corrected chi connectivity index (χ0v) is 11.8. The number of halogens is 2. The van der Waals surface area contributed by atoms with E-state index >= 15 is 0 Å². The fourth-order valence-corrected chi connectivity index (χ4v) is 2.35. The zero-order valence-electron chi connectivity index (χ0n) is 11.0. The van der Waals surface area contributed by atoms with Crippen LogP contribution >= 0.6 is 11.3 Å². The fourth-order valence-electron chi connectivity index (χ4n) is 1.72. The van der Waals surface area contributed by atoms with Crippen LogP contribution in [0.3, 0.4) is 0 Å². The number of aromatic nitrogens is 1. The molecule has 0 saturated heterocycles. The van der Waals surface area contributed by atoms with Gasteiger partial charge in [-0.25, -0.2) is 13.8 Å². The first-order valence-corrected chi connectivity index (χ1v) is 6.94. The Hall–Kier alpha value is -2.06. The van der Waals surface area contributed by atoms with Crippen LogP contribution in [-0.2, 0) is 17.8 Å². The second-order valence-electron chi connectivity index (χ2n) is 4.44. The molecular weight excluding hydrogens is 298 g/mol. The van der Waals surface area contributed by atoms with Gasteiger partial charge in [-0.3, -0.25) is 4.79 Å². The van der Waals surface area contributed by atoms with Gasteiger partial charge in [0.1, 0.15) is 0 Å². The Bertz CT molecular complexity index is 647. The number of thiazole rings is 1. The summed E-state index contributed by atoms with van der Waals surface area (Å²) in [6.45, 7) is 0.277. The van der Waals surface area contributed by atoms with Crippen molar-refractivity contribution in [2.45, 2.75) is 19.0 Å². The lowest BCUT2D eigenvalue weighted by molar-refractivity contribution is -0.122. The highest BCUT2D eigenvalue weighted by Crippen LogP contribution is 2.14. The summed E-state index contributed by atoms with van der Waals surface area (Å²) in [6, 6.07) is 2.59. The van der Waals surface area contributed by atoms with E-state index in [1.165, 1.54) is 17.4 Å². The van der Waals surface area contributed by atoms with E-state index in [1.54, 1.807) is 6.20 Å². The minimum atomic E-state index is -0.958. The first-order valence-electron chi connectivity index (χ1n) is 6.13. The Morgan fingerprint density at radius 2 is 2.14 bits per heavy atom. The van der Waals surface area contributed by atoms with E-state index in [4.69, 9.17) is 11.5 Å². The highest BCUT2D eigenvalue weighted by molar-refractivity contribution is 7.15. The highest BCUT2D eigenvalue weighted by atomic mass is 32.1. The molecule has 5 N–H and O–H groups in total. The van der Waals surface area contributed by atoms with Crippen LogP contribution in [-0.4, -0.2) is 16.9 Å². The van der Waals surface area contributed by atoms with Crippen molar-refractivity contribution in [3.63, 3.8) is 0 Å². The smallest absolute Gasteiger partial charge is 0.237 e. The van der Waals surface area contributed by atoms with Crippen molar-refractivity contribution >= 4 is 22.4 Å². The summed E-state index contributed by atoms with van der Waals surface area (Å²) in [6.07, 6.45) is 1.69. The number of anilines is 1. The molecule has 1 heterocycles. The largest absolute Gasteiger partial charge is 0.375 e. The Labute approximate surface area is 124 Å². The monoisotopic (exact) mass is 312 g/mol. The number of nitrogens with two attached hydrogens (primary N) is 2. The molecule has 0 saturated carbocycles. The van der Waals surface area contributed by atoms with Gasteiger partial charge in [-0.15, -0.1) is 11.3 Å². The second kappa shape index (κ2) is 6.59. The molecule has 0 aliphatic carbocycles. The van der Waals surface area contributed by atoms with E-state index in [-0.39, 0.29) is 18.9 Å². The van der Waals surface area contributed by atoms with Gasteiger partial charge in [0.25, 0.3) is 0 Å². The number of carbonyl (C=O) groups is 1. The number of rotatable bonds is 5. The second-order valence-corrected chi connectivity index (χ2v) is 5.59. The molecule has 112 valence electrons. The van der Waals surface area contributed by atoms with E-state index in [2.05, 4.69) is 10.3 Å². The molecule has 0 spiro atoms. The first-order chi connectivity index (χ1) is 9.95. The SMILES string of the molecule is Nc1ncc(CNC(=O)[C@@H](N)Cc2ccc(F)c(F)c2)s1. The van der Waals surface area contributed by atoms with Crippen LogP contribution in [0.15, 0.2) is 24.4 Å². The maximum Gasteiger partial charge on any atom is 0.237 e. The summed E-state index contributed by atoms with van der Waals surface area (Å²) in [4.78, 5) is 16.5. The molecule has 2 aromatic rings. The summed E-state index contributed by atoms with van der Waals surface area (Å²) in [7, 11) is 0. The van der Waals surface area contributed by atoms with E-state index < -0.39 is 17.7 Å². The number of amides is 1. The molecule has 1 aromatic heterocycles. The molecule has 0 fully saturated rings. The quantitative estimate of drug-likeness (QED) is 0.773. The summed E-state index contributed by atoms with van der Waals surface area (Å²) in [5.41, 5.74) is 11.7. The van der Waals surface area contributed by atoms with Crippen molar-refractivity contribution in [1.82, 2.24) is 10.3 Å². The molecule has 8 heteroatoms. The van der Waals surface area contributed by atoms with E-state index in [0.29, 0.717) is 10.7 Å². The number of benzene rings is 1. The van der Waals surface area contributed by atoms with Gasteiger partial charge in [-0.1, -0.05) is 6.07 Å². The molecule has 1 amide bonds. The van der Waals surface area contributed by atoms with Crippen molar-refractivity contribution in [2.24, 2.45) is 5.73 Å². The number of hydrogen-bond acceptors (Lipinski definition) is 5. The molecule has 2 rings (SSSR count). The third-order valence-corrected chi connectivity index (χ3v) is 3.61. The Kier molecular flexibility index (Phi) is 4.81. The zero-order chi connectivity index (χ0) is 15.4. The van der Waals surface area contributed by atoms with Crippen molar-refractivity contribution in [3.8, 4) is 0 Å². The number of nitrogens with zero attached hydrogens (tertiary/aromatic N) is 1. The molecule has 0 bridgehead atoms. The summed E-state index contributed by atoms with van der Waals surface area (Å²) in [5, 5.41) is 3.06. The summed E-state index contributed by atoms with van der Waals surface area (Å²) in [5.74, 6) is -2.27. The van der Waals surface area contributed by atoms with Crippen LogP contribution in [0.1, 0.15) is 10.4 Å². The average Bonchev–Trinajstić information content (AvgIpc) is 2.86. The number of nitrogen functional groups attached to an aromatic ring is 1. The van der Waals surface area contributed by atoms with Crippen LogP contribution in [0.2, 0.25) is 0 Å².